The number of hydrogen-bond donors (Lipinski definition) is 0. The molecule has 0 aliphatic carbocycles. The molecule has 3 nitrogen and oxygen atoms in total. The quantitative estimate of drug-likeness (QED) is 0.628. The summed E-state index contributed by atoms with van der Waals surface area (Å²) in [5, 5.41) is 3.12. The van der Waals surface area contributed by atoms with Gasteiger partial charge in [-0.05, 0) is 0 Å². The molecule has 0 N–H and O–H groups in total. The van der Waals surface area contributed by atoms with Gasteiger partial charge in [-0.3, -0.25) is 0 Å². The summed E-state index contributed by atoms with van der Waals surface area (Å²) in [7, 11) is 0. The maximum absolute atomic E-state index is 5.23. The van der Waals surface area contributed by atoms with E-state index in [1.165, 1.54) is 0 Å². The highest BCUT2D eigenvalue weighted by Crippen LogP contribution is 2.17. The molecule has 1 saturated heterocycles. The number of morpholine rings is 1. The molecule has 2 rings (SSSR count). The summed E-state index contributed by atoms with van der Waals surface area (Å²) in [5.74, 6) is 0. The lowest BCUT2D eigenvalue weighted by Gasteiger charge is -2.25. The molecule has 0 atom stereocenters. The molecule has 0 unspecified atom stereocenters. The molecule has 0 bridgehead atoms. The van der Waals surface area contributed by atoms with Crippen LogP contribution in [0.25, 0.3) is 0 Å². The Morgan fingerprint density at radius 2 is 2.27 bits per heavy atom. The van der Waals surface area contributed by atoms with Gasteiger partial charge in [0.1, 0.15) is 0 Å². The maximum Gasteiger partial charge on any atom is 0.185 e. The van der Waals surface area contributed by atoms with E-state index in [1.807, 2.05) is 11.6 Å². The standard InChI is InChI=1S/C7H10N2OS/c1-6-11-7(8-1)9-2-4-10-5-3-9/h1,6H,2-5H2. The van der Waals surface area contributed by atoms with E-state index in [2.05, 4.69) is 9.88 Å². The summed E-state index contributed by atoms with van der Waals surface area (Å²) in [4.78, 5) is 6.49. The van der Waals surface area contributed by atoms with Crippen LogP contribution in [0.5, 0.6) is 0 Å². The Morgan fingerprint density at radius 3 is 2.91 bits per heavy atom. The zero-order valence-corrected chi connectivity index (χ0v) is 7.01. The third-order valence-electron chi connectivity index (χ3n) is 1.70. The molecule has 0 radical (unpaired) electrons. The van der Waals surface area contributed by atoms with Crippen LogP contribution in [0, 0.1) is 0 Å². The molecule has 60 valence electrons. The Bertz CT molecular complexity index is 206. The lowest BCUT2D eigenvalue weighted by atomic mass is 10.5. The molecule has 0 amide bonds. The van der Waals surface area contributed by atoms with Crippen molar-refractivity contribution < 1.29 is 4.74 Å². The van der Waals surface area contributed by atoms with E-state index in [0.717, 1.165) is 31.4 Å². The molecule has 0 aromatic carbocycles. The van der Waals surface area contributed by atoms with Crippen LogP contribution in [0.3, 0.4) is 0 Å². The van der Waals surface area contributed by atoms with Crippen LogP contribution in [0.1, 0.15) is 0 Å². The summed E-state index contributed by atoms with van der Waals surface area (Å²) >= 11 is 1.69. The number of thiazole rings is 1. The summed E-state index contributed by atoms with van der Waals surface area (Å²) in [6.45, 7) is 3.63. The average molecular weight is 170 g/mol. The van der Waals surface area contributed by atoms with E-state index < -0.39 is 0 Å². The Hall–Kier alpha value is -0.610. The SMILES string of the molecule is c1csc(N2CCOCC2)n1. The molecule has 1 aliphatic heterocycles. The zero-order chi connectivity index (χ0) is 7.52. The number of hydrogen-bond acceptors (Lipinski definition) is 4. The summed E-state index contributed by atoms with van der Waals surface area (Å²) in [6, 6.07) is 0. The minimum Gasteiger partial charge on any atom is -0.378 e. The van der Waals surface area contributed by atoms with Crippen molar-refractivity contribution in [2.24, 2.45) is 0 Å². The first-order valence-corrected chi connectivity index (χ1v) is 4.57. The first-order valence-electron chi connectivity index (χ1n) is 3.69. The number of anilines is 1. The summed E-state index contributed by atoms with van der Waals surface area (Å²) in [5.41, 5.74) is 0. The van der Waals surface area contributed by atoms with Gasteiger partial charge < -0.3 is 9.64 Å². The normalized spacial score (nSPS) is 18.7. The van der Waals surface area contributed by atoms with Crippen LogP contribution in [-0.4, -0.2) is 31.3 Å². The predicted molar refractivity (Wildman–Crippen MR) is 45.1 cm³/mol. The molecule has 4 heteroatoms. The molecule has 0 saturated carbocycles. The zero-order valence-electron chi connectivity index (χ0n) is 6.19. The van der Waals surface area contributed by atoms with Gasteiger partial charge in [-0.2, -0.15) is 0 Å². The van der Waals surface area contributed by atoms with Gasteiger partial charge in [0.25, 0.3) is 0 Å². The minimum absolute atomic E-state index is 0.833. The fourth-order valence-electron chi connectivity index (χ4n) is 1.13. The number of ether oxygens (including phenoxy) is 1. The van der Waals surface area contributed by atoms with Crippen LogP contribution < -0.4 is 4.90 Å². The Labute approximate surface area is 69.6 Å². The van der Waals surface area contributed by atoms with E-state index in [4.69, 9.17) is 4.74 Å². The van der Waals surface area contributed by atoms with Crippen molar-refractivity contribution in [2.75, 3.05) is 31.2 Å². The monoisotopic (exact) mass is 170 g/mol. The second-order valence-electron chi connectivity index (χ2n) is 2.41. The van der Waals surface area contributed by atoms with Gasteiger partial charge in [0.2, 0.25) is 0 Å². The molecule has 1 aromatic rings. The van der Waals surface area contributed by atoms with Crippen molar-refractivity contribution in [1.82, 2.24) is 4.98 Å². The second-order valence-corrected chi connectivity index (χ2v) is 3.29. The van der Waals surface area contributed by atoms with Gasteiger partial charge in [-0.15, -0.1) is 11.3 Å². The predicted octanol–water partition coefficient (Wildman–Crippen LogP) is 0.980. The molecule has 11 heavy (non-hydrogen) atoms. The third-order valence-corrected chi connectivity index (χ3v) is 2.53. The van der Waals surface area contributed by atoms with Crippen LogP contribution >= 0.6 is 11.3 Å². The maximum atomic E-state index is 5.23. The van der Waals surface area contributed by atoms with Gasteiger partial charge in [0.05, 0.1) is 13.2 Å². The highest BCUT2D eigenvalue weighted by Gasteiger charge is 2.11. The largest absolute Gasteiger partial charge is 0.378 e. The first-order chi connectivity index (χ1) is 5.47. The fraction of sp³-hybridized carbons (Fsp3) is 0.571. The Balaban J connectivity index is 2.04. The van der Waals surface area contributed by atoms with Crippen molar-refractivity contribution >= 4 is 16.5 Å². The van der Waals surface area contributed by atoms with Crippen molar-refractivity contribution in [1.29, 1.82) is 0 Å². The summed E-state index contributed by atoms with van der Waals surface area (Å²) < 4.78 is 5.23. The molecular formula is C7H10N2OS. The number of rotatable bonds is 1. The Morgan fingerprint density at radius 1 is 1.45 bits per heavy atom. The minimum atomic E-state index is 0.833. The van der Waals surface area contributed by atoms with Gasteiger partial charge in [-0.1, -0.05) is 0 Å². The molecular weight excluding hydrogens is 160 g/mol. The van der Waals surface area contributed by atoms with Gasteiger partial charge >= 0.3 is 0 Å². The topological polar surface area (TPSA) is 25.4 Å². The second kappa shape index (κ2) is 3.19. The third kappa shape index (κ3) is 1.52. The highest BCUT2D eigenvalue weighted by atomic mass is 32.1. The van der Waals surface area contributed by atoms with E-state index in [-0.39, 0.29) is 0 Å². The molecule has 1 fully saturated rings. The lowest BCUT2D eigenvalue weighted by molar-refractivity contribution is 0.122. The number of aromatic nitrogens is 1. The van der Waals surface area contributed by atoms with Gasteiger partial charge in [0, 0.05) is 24.7 Å². The van der Waals surface area contributed by atoms with Crippen LogP contribution in [0.15, 0.2) is 11.6 Å². The van der Waals surface area contributed by atoms with Gasteiger partial charge in [-0.25, -0.2) is 4.98 Å². The number of nitrogens with zero attached hydrogens (tertiary/aromatic N) is 2. The lowest BCUT2D eigenvalue weighted by Crippen LogP contribution is -2.36. The van der Waals surface area contributed by atoms with Crippen molar-refractivity contribution in [3.63, 3.8) is 0 Å². The average Bonchev–Trinajstić information content (AvgIpc) is 2.58. The van der Waals surface area contributed by atoms with E-state index in [1.54, 1.807) is 11.3 Å². The highest BCUT2D eigenvalue weighted by molar-refractivity contribution is 7.13. The van der Waals surface area contributed by atoms with Crippen LogP contribution in [0.4, 0.5) is 5.13 Å². The first kappa shape index (κ1) is 7.06. The van der Waals surface area contributed by atoms with Crippen LogP contribution in [-0.2, 0) is 4.74 Å². The van der Waals surface area contributed by atoms with E-state index in [9.17, 15) is 0 Å². The molecule has 1 aromatic heterocycles. The smallest absolute Gasteiger partial charge is 0.185 e. The molecule has 0 spiro atoms. The van der Waals surface area contributed by atoms with Crippen LogP contribution in [0.2, 0.25) is 0 Å². The van der Waals surface area contributed by atoms with E-state index >= 15 is 0 Å². The van der Waals surface area contributed by atoms with Crippen molar-refractivity contribution in [2.45, 2.75) is 0 Å². The summed E-state index contributed by atoms with van der Waals surface area (Å²) in [6.07, 6.45) is 1.84. The fourth-order valence-corrected chi connectivity index (χ4v) is 1.82. The Kier molecular flexibility index (Phi) is 2.05. The van der Waals surface area contributed by atoms with Crippen molar-refractivity contribution in [3.8, 4) is 0 Å². The van der Waals surface area contributed by atoms with E-state index in [0.29, 0.717) is 0 Å². The van der Waals surface area contributed by atoms with Gasteiger partial charge in [0.15, 0.2) is 5.13 Å². The molecule has 2 heterocycles. The molecule has 1 aliphatic rings. The van der Waals surface area contributed by atoms with Crippen molar-refractivity contribution in [3.05, 3.63) is 11.6 Å².